The molecule has 0 aliphatic rings. The van der Waals surface area contributed by atoms with Crippen molar-refractivity contribution in [1.29, 1.82) is 0 Å². The largest absolute Gasteiger partial charge is 0.461 e. The average Bonchev–Trinajstić information content (AvgIpc) is 2.48. The lowest BCUT2D eigenvalue weighted by Crippen LogP contribution is -2.43. The van der Waals surface area contributed by atoms with Gasteiger partial charge in [-0.05, 0) is 23.9 Å². The van der Waals surface area contributed by atoms with Gasteiger partial charge in [0.05, 0.1) is 4.88 Å². The van der Waals surface area contributed by atoms with E-state index in [2.05, 4.69) is 0 Å². The van der Waals surface area contributed by atoms with Crippen molar-refractivity contribution < 1.29 is 26.7 Å². The molecule has 7 heteroatoms. The van der Waals surface area contributed by atoms with Gasteiger partial charge in [-0.2, -0.15) is 22.0 Å². The van der Waals surface area contributed by atoms with Crippen LogP contribution in [0.25, 0.3) is 0 Å². The fourth-order valence-corrected chi connectivity index (χ4v) is 1.77. The van der Waals surface area contributed by atoms with Crippen LogP contribution in [0.15, 0.2) is 11.4 Å². The highest BCUT2D eigenvalue weighted by atomic mass is 32.1. The Labute approximate surface area is 85.5 Å². The van der Waals surface area contributed by atoms with Crippen LogP contribution in [0.4, 0.5) is 22.0 Å². The maximum atomic E-state index is 12.6. The highest BCUT2D eigenvalue weighted by molar-refractivity contribution is 7.12. The SMILES string of the molecule is Cc1ccsc1C(=O)C(F)(F)C(F)(F)F. The summed E-state index contributed by atoms with van der Waals surface area (Å²) >= 11 is 0.571. The van der Waals surface area contributed by atoms with Crippen LogP contribution in [-0.4, -0.2) is 17.9 Å². The van der Waals surface area contributed by atoms with E-state index in [1.54, 1.807) is 0 Å². The van der Waals surface area contributed by atoms with E-state index in [9.17, 15) is 26.7 Å². The number of Topliss-reactive ketones (excluding diaryl/α,β-unsaturated/α-hetero) is 1. The van der Waals surface area contributed by atoms with Gasteiger partial charge in [0.15, 0.2) is 0 Å². The molecule has 0 spiro atoms. The summed E-state index contributed by atoms with van der Waals surface area (Å²) in [5.74, 6) is -7.51. The van der Waals surface area contributed by atoms with Crippen molar-refractivity contribution in [2.75, 3.05) is 0 Å². The molecule has 0 aliphatic carbocycles. The second kappa shape index (κ2) is 3.55. The summed E-state index contributed by atoms with van der Waals surface area (Å²) in [5.41, 5.74) is 0.119. The van der Waals surface area contributed by atoms with E-state index in [-0.39, 0.29) is 5.56 Å². The number of ketones is 1. The first kappa shape index (κ1) is 12.1. The molecule has 0 bridgehead atoms. The third-order valence-electron chi connectivity index (χ3n) is 1.71. The number of hydrogen-bond donors (Lipinski definition) is 0. The van der Waals surface area contributed by atoms with E-state index < -0.39 is 22.8 Å². The molecule has 1 heterocycles. The number of carbonyl (C=O) groups is 1. The monoisotopic (exact) mass is 244 g/mol. The molecule has 84 valence electrons. The van der Waals surface area contributed by atoms with Crippen molar-refractivity contribution >= 4 is 17.1 Å². The second-order valence-corrected chi connectivity index (χ2v) is 3.75. The molecule has 0 aliphatic heterocycles. The highest BCUT2D eigenvalue weighted by Gasteiger charge is 2.63. The van der Waals surface area contributed by atoms with Gasteiger partial charge in [-0.1, -0.05) is 0 Å². The number of hydrogen-bond acceptors (Lipinski definition) is 2. The molecule has 0 aromatic carbocycles. The van der Waals surface area contributed by atoms with Gasteiger partial charge in [-0.25, -0.2) is 0 Å². The van der Waals surface area contributed by atoms with Crippen molar-refractivity contribution in [3.8, 4) is 0 Å². The third-order valence-corrected chi connectivity index (χ3v) is 2.72. The Bertz CT molecular complexity index is 379. The molecule has 0 N–H and O–H groups in total. The van der Waals surface area contributed by atoms with Crippen LogP contribution in [0.3, 0.4) is 0 Å². The molecule has 1 aromatic heterocycles. The lowest BCUT2D eigenvalue weighted by atomic mass is 10.1. The van der Waals surface area contributed by atoms with Crippen LogP contribution in [-0.2, 0) is 0 Å². The number of aryl methyl sites for hydroxylation is 1. The standard InChI is InChI=1S/C8H5F5OS/c1-4-2-3-15-5(4)6(14)7(9,10)8(11,12)13/h2-3H,1H3. The summed E-state index contributed by atoms with van der Waals surface area (Å²) in [7, 11) is 0. The fraction of sp³-hybridized carbons (Fsp3) is 0.375. The Morgan fingerprint density at radius 1 is 1.27 bits per heavy atom. The summed E-state index contributed by atoms with van der Waals surface area (Å²) in [5, 5.41) is 1.29. The molecule has 1 rings (SSSR count). The average molecular weight is 244 g/mol. The zero-order chi connectivity index (χ0) is 11.9. The van der Waals surface area contributed by atoms with E-state index in [0.29, 0.717) is 11.3 Å². The normalized spacial score (nSPS) is 12.9. The fourth-order valence-electron chi connectivity index (χ4n) is 0.877. The van der Waals surface area contributed by atoms with Crippen molar-refractivity contribution in [1.82, 2.24) is 0 Å². The van der Waals surface area contributed by atoms with Crippen LogP contribution in [0.1, 0.15) is 15.2 Å². The zero-order valence-corrected chi connectivity index (χ0v) is 8.18. The molecule has 1 aromatic rings. The van der Waals surface area contributed by atoms with Gasteiger partial charge in [0, 0.05) is 0 Å². The topological polar surface area (TPSA) is 17.1 Å². The minimum absolute atomic E-state index is 0.119. The van der Waals surface area contributed by atoms with E-state index in [4.69, 9.17) is 0 Å². The van der Waals surface area contributed by atoms with Crippen molar-refractivity contribution in [2.24, 2.45) is 0 Å². The molecule has 0 saturated heterocycles. The Morgan fingerprint density at radius 2 is 1.80 bits per heavy atom. The minimum Gasteiger partial charge on any atom is -0.286 e. The van der Waals surface area contributed by atoms with Gasteiger partial charge in [-0.3, -0.25) is 4.79 Å². The number of alkyl halides is 5. The highest BCUT2D eigenvalue weighted by Crippen LogP contribution is 2.39. The summed E-state index contributed by atoms with van der Waals surface area (Å²) in [6.45, 7) is 1.30. The molecular formula is C8H5F5OS. The van der Waals surface area contributed by atoms with Gasteiger partial charge in [0.25, 0.3) is 5.78 Å². The molecule has 0 unspecified atom stereocenters. The predicted molar refractivity (Wildman–Crippen MR) is 44.4 cm³/mol. The second-order valence-electron chi connectivity index (χ2n) is 2.83. The smallest absolute Gasteiger partial charge is 0.286 e. The number of halogens is 5. The Hall–Kier alpha value is -0.980. The van der Waals surface area contributed by atoms with Gasteiger partial charge < -0.3 is 0 Å². The Balaban J connectivity index is 3.11. The van der Waals surface area contributed by atoms with Crippen LogP contribution >= 0.6 is 11.3 Å². The summed E-state index contributed by atoms with van der Waals surface area (Å²) < 4.78 is 60.7. The van der Waals surface area contributed by atoms with Crippen LogP contribution < -0.4 is 0 Å². The lowest BCUT2D eigenvalue weighted by Gasteiger charge is -2.17. The maximum absolute atomic E-state index is 12.6. The van der Waals surface area contributed by atoms with Crippen LogP contribution in [0.2, 0.25) is 0 Å². The van der Waals surface area contributed by atoms with Crippen molar-refractivity contribution in [3.63, 3.8) is 0 Å². The van der Waals surface area contributed by atoms with E-state index in [1.807, 2.05) is 0 Å². The molecule has 0 saturated carbocycles. The molecule has 1 nitrogen and oxygen atoms in total. The van der Waals surface area contributed by atoms with E-state index in [1.165, 1.54) is 18.4 Å². The van der Waals surface area contributed by atoms with E-state index >= 15 is 0 Å². The summed E-state index contributed by atoms with van der Waals surface area (Å²) in [4.78, 5) is 10.4. The first-order valence-electron chi connectivity index (χ1n) is 3.71. The summed E-state index contributed by atoms with van der Waals surface area (Å²) in [6.07, 6.45) is -5.85. The molecular weight excluding hydrogens is 239 g/mol. The Kier molecular flexibility index (Phi) is 2.86. The predicted octanol–water partition coefficient (Wildman–Crippen LogP) is 3.44. The zero-order valence-electron chi connectivity index (χ0n) is 7.36. The number of thiophene rings is 1. The van der Waals surface area contributed by atoms with Crippen molar-refractivity contribution in [2.45, 2.75) is 19.0 Å². The van der Waals surface area contributed by atoms with Crippen LogP contribution in [0.5, 0.6) is 0 Å². The van der Waals surface area contributed by atoms with E-state index in [0.717, 1.165) is 0 Å². The maximum Gasteiger partial charge on any atom is 0.461 e. The molecule has 15 heavy (non-hydrogen) atoms. The number of carbonyl (C=O) groups excluding carboxylic acids is 1. The molecule has 0 fully saturated rings. The van der Waals surface area contributed by atoms with Gasteiger partial charge in [0.2, 0.25) is 0 Å². The lowest BCUT2D eigenvalue weighted by molar-refractivity contribution is -0.255. The third kappa shape index (κ3) is 2.01. The van der Waals surface area contributed by atoms with Gasteiger partial charge in [0.1, 0.15) is 0 Å². The quantitative estimate of drug-likeness (QED) is 0.575. The van der Waals surface area contributed by atoms with Gasteiger partial charge in [-0.15, -0.1) is 11.3 Å². The number of rotatable bonds is 2. The first-order valence-corrected chi connectivity index (χ1v) is 4.59. The summed E-state index contributed by atoms with van der Waals surface area (Å²) in [6, 6.07) is 1.31. The minimum atomic E-state index is -5.85. The van der Waals surface area contributed by atoms with Gasteiger partial charge >= 0.3 is 12.1 Å². The Morgan fingerprint density at radius 3 is 2.13 bits per heavy atom. The van der Waals surface area contributed by atoms with Crippen LogP contribution in [0, 0.1) is 6.92 Å². The first-order chi connectivity index (χ1) is 6.68. The molecule has 0 amide bonds. The molecule has 0 atom stereocenters. The molecule has 0 radical (unpaired) electrons. The van der Waals surface area contributed by atoms with Crippen molar-refractivity contribution in [3.05, 3.63) is 21.9 Å².